The predicted molar refractivity (Wildman–Crippen MR) is 102 cm³/mol. The van der Waals surface area contributed by atoms with Gasteiger partial charge < -0.3 is 5.32 Å². The highest BCUT2D eigenvalue weighted by Gasteiger charge is 2.18. The summed E-state index contributed by atoms with van der Waals surface area (Å²) >= 11 is 7.56. The highest BCUT2D eigenvalue weighted by atomic mass is 35.5. The minimum Gasteiger partial charge on any atom is -0.321 e. The van der Waals surface area contributed by atoms with Crippen LogP contribution in [-0.4, -0.2) is 20.2 Å². The zero-order valence-electron chi connectivity index (χ0n) is 13.4. The second kappa shape index (κ2) is 7.06. The number of nitrogens with one attached hydrogen (secondary N) is 2. The van der Waals surface area contributed by atoms with Gasteiger partial charge in [-0.15, -0.1) is 11.3 Å². The van der Waals surface area contributed by atoms with Crippen molar-refractivity contribution in [2.45, 2.75) is 11.8 Å². The van der Waals surface area contributed by atoms with Crippen LogP contribution in [0.1, 0.15) is 16.6 Å². The SMILES string of the molecule is CC(=O)NS(=O)(=O)c1ccc(NC(=O)c2sc3ccccc3c2Cl)cc1. The van der Waals surface area contributed by atoms with Crippen molar-refractivity contribution in [2.24, 2.45) is 0 Å². The summed E-state index contributed by atoms with van der Waals surface area (Å²) in [5.74, 6) is -1.06. The Morgan fingerprint density at radius 1 is 1.04 bits per heavy atom. The number of hydrogen-bond donors (Lipinski definition) is 2. The molecule has 3 aromatic rings. The van der Waals surface area contributed by atoms with Crippen LogP contribution in [0.4, 0.5) is 5.69 Å². The monoisotopic (exact) mass is 408 g/mol. The summed E-state index contributed by atoms with van der Waals surface area (Å²) in [5.41, 5.74) is 0.408. The van der Waals surface area contributed by atoms with E-state index < -0.39 is 15.9 Å². The maximum Gasteiger partial charge on any atom is 0.267 e. The Hall–Kier alpha value is -2.42. The lowest BCUT2D eigenvalue weighted by Crippen LogP contribution is -2.28. The molecule has 0 aliphatic heterocycles. The third-order valence-electron chi connectivity index (χ3n) is 3.44. The van der Waals surface area contributed by atoms with Gasteiger partial charge in [0.25, 0.3) is 15.9 Å². The lowest BCUT2D eigenvalue weighted by molar-refractivity contribution is -0.117. The van der Waals surface area contributed by atoms with Gasteiger partial charge in [0.05, 0.1) is 9.92 Å². The van der Waals surface area contributed by atoms with E-state index in [2.05, 4.69) is 5.32 Å². The summed E-state index contributed by atoms with van der Waals surface area (Å²) in [6.45, 7) is 1.11. The molecule has 2 N–H and O–H groups in total. The highest BCUT2D eigenvalue weighted by molar-refractivity contribution is 7.90. The fourth-order valence-corrected chi connectivity index (χ4v) is 4.72. The van der Waals surface area contributed by atoms with Gasteiger partial charge in [-0.25, -0.2) is 13.1 Å². The van der Waals surface area contributed by atoms with E-state index in [1.165, 1.54) is 35.6 Å². The number of carbonyl (C=O) groups excluding carboxylic acids is 2. The van der Waals surface area contributed by atoms with Crippen molar-refractivity contribution in [3.63, 3.8) is 0 Å². The van der Waals surface area contributed by atoms with Crippen molar-refractivity contribution >= 4 is 60.5 Å². The molecule has 2 amide bonds. The maximum absolute atomic E-state index is 12.5. The van der Waals surface area contributed by atoms with Gasteiger partial charge in [-0.1, -0.05) is 29.8 Å². The number of halogens is 1. The second-order valence-electron chi connectivity index (χ2n) is 5.38. The first-order chi connectivity index (χ1) is 12.3. The van der Waals surface area contributed by atoms with E-state index in [1.54, 1.807) is 0 Å². The molecular formula is C17H13ClN2O4S2. The molecule has 9 heteroatoms. The summed E-state index contributed by atoms with van der Waals surface area (Å²) < 4.78 is 26.6. The molecule has 0 fully saturated rings. The molecule has 0 radical (unpaired) electrons. The number of anilines is 1. The molecule has 0 saturated carbocycles. The fraction of sp³-hybridized carbons (Fsp3) is 0.0588. The Labute approximate surface area is 158 Å². The number of rotatable bonds is 4. The molecule has 2 aromatic carbocycles. The first kappa shape index (κ1) is 18.4. The average molecular weight is 409 g/mol. The van der Waals surface area contributed by atoms with Gasteiger partial charge in [0.1, 0.15) is 4.88 Å². The van der Waals surface area contributed by atoms with Crippen LogP contribution in [0.3, 0.4) is 0 Å². The van der Waals surface area contributed by atoms with E-state index in [0.29, 0.717) is 15.6 Å². The Balaban J connectivity index is 1.81. The zero-order valence-corrected chi connectivity index (χ0v) is 15.8. The number of fused-ring (bicyclic) bond motifs is 1. The van der Waals surface area contributed by atoms with Gasteiger partial charge in [-0.05, 0) is 30.3 Å². The lowest BCUT2D eigenvalue weighted by Gasteiger charge is -2.07. The third kappa shape index (κ3) is 3.72. The van der Waals surface area contributed by atoms with E-state index >= 15 is 0 Å². The van der Waals surface area contributed by atoms with Crippen LogP contribution in [0.2, 0.25) is 5.02 Å². The van der Waals surface area contributed by atoms with Crippen LogP contribution in [0.15, 0.2) is 53.4 Å². The minimum atomic E-state index is -3.91. The van der Waals surface area contributed by atoms with Gasteiger partial charge in [0, 0.05) is 22.7 Å². The van der Waals surface area contributed by atoms with Crippen molar-refractivity contribution in [1.82, 2.24) is 4.72 Å². The van der Waals surface area contributed by atoms with Crippen LogP contribution in [0.5, 0.6) is 0 Å². The quantitative estimate of drug-likeness (QED) is 0.689. The summed E-state index contributed by atoms with van der Waals surface area (Å²) in [7, 11) is -3.91. The summed E-state index contributed by atoms with van der Waals surface area (Å²) in [6.07, 6.45) is 0. The highest BCUT2D eigenvalue weighted by Crippen LogP contribution is 2.35. The first-order valence-corrected chi connectivity index (χ1v) is 10.1. The van der Waals surface area contributed by atoms with Gasteiger partial charge in [-0.3, -0.25) is 9.59 Å². The Kier molecular flexibility index (Phi) is 4.99. The number of hydrogen-bond acceptors (Lipinski definition) is 5. The summed E-state index contributed by atoms with van der Waals surface area (Å²) in [5, 5.41) is 3.87. The third-order valence-corrected chi connectivity index (χ3v) is 6.56. The van der Waals surface area contributed by atoms with Crippen LogP contribution in [0, 0.1) is 0 Å². The molecule has 134 valence electrons. The molecule has 3 rings (SSSR count). The van der Waals surface area contributed by atoms with Crippen molar-refractivity contribution < 1.29 is 18.0 Å². The van der Waals surface area contributed by atoms with Crippen LogP contribution < -0.4 is 10.0 Å². The number of amides is 2. The average Bonchev–Trinajstić information content (AvgIpc) is 2.92. The normalized spacial score (nSPS) is 11.3. The van der Waals surface area contributed by atoms with Crippen molar-refractivity contribution in [1.29, 1.82) is 0 Å². The van der Waals surface area contributed by atoms with E-state index in [9.17, 15) is 18.0 Å². The molecule has 1 heterocycles. The van der Waals surface area contributed by atoms with Crippen molar-refractivity contribution in [3.8, 4) is 0 Å². The molecule has 0 saturated heterocycles. The number of sulfonamides is 1. The molecule has 0 aliphatic rings. The summed E-state index contributed by atoms with van der Waals surface area (Å²) in [4.78, 5) is 23.7. The molecule has 0 aliphatic carbocycles. The Morgan fingerprint density at radius 3 is 2.31 bits per heavy atom. The van der Waals surface area contributed by atoms with Crippen LogP contribution >= 0.6 is 22.9 Å². The van der Waals surface area contributed by atoms with E-state index in [0.717, 1.165) is 17.0 Å². The van der Waals surface area contributed by atoms with Crippen molar-refractivity contribution in [3.05, 3.63) is 58.4 Å². The van der Waals surface area contributed by atoms with E-state index in [1.807, 2.05) is 29.0 Å². The van der Waals surface area contributed by atoms with Gasteiger partial charge in [-0.2, -0.15) is 0 Å². The molecule has 0 unspecified atom stereocenters. The number of carbonyl (C=O) groups is 2. The fourth-order valence-electron chi connectivity index (χ4n) is 2.31. The summed E-state index contributed by atoms with van der Waals surface area (Å²) in [6, 6.07) is 12.9. The molecule has 0 spiro atoms. The topological polar surface area (TPSA) is 92.3 Å². The molecule has 26 heavy (non-hydrogen) atoms. The van der Waals surface area contributed by atoms with Gasteiger partial charge in [0.2, 0.25) is 5.91 Å². The molecule has 0 atom stereocenters. The molecule has 1 aromatic heterocycles. The van der Waals surface area contributed by atoms with E-state index in [-0.39, 0.29) is 10.8 Å². The smallest absolute Gasteiger partial charge is 0.267 e. The number of thiophene rings is 1. The van der Waals surface area contributed by atoms with Gasteiger partial charge >= 0.3 is 0 Å². The Bertz CT molecular complexity index is 1110. The van der Waals surface area contributed by atoms with E-state index in [4.69, 9.17) is 11.6 Å². The largest absolute Gasteiger partial charge is 0.321 e. The van der Waals surface area contributed by atoms with Crippen LogP contribution in [0.25, 0.3) is 10.1 Å². The van der Waals surface area contributed by atoms with Crippen LogP contribution in [-0.2, 0) is 14.8 Å². The predicted octanol–water partition coefficient (Wildman–Crippen LogP) is 3.63. The zero-order chi connectivity index (χ0) is 18.9. The minimum absolute atomic E-state index is 0.0782. The number of benzene rings is 2. The van der Waals surface area contributed by atoms with Gasteiger partial charge in [0.15, 0.2) is 0 Å². The lowest BCUT2D eigenvalue weighted by atomic mass is 10.2. The first-order valence-electron chi connectivity index (χ1n) is 7.40. The molecule has 6 nitrogen and oxygen atoms in total. The van der Waals surface area contributed by atoms with Crippen molar-refractivity contribution in [2.75, 3.05) is 5.32 Å². The second-order valence-corrected chi connectivity index (χ2v) is 8.49. The molecular weight excluding hydrogens is 396 g/mol. The standard InChI is InChI=1S/C17H13ClN2O4S2/c1-10(21)20-26(23,24)12-8-6-11(7-9-12)19-17(22)16-15(18)13-4-2-3-5-14(13)25-16/h2-9H,1H3,(H,19,22)(H,20,21). The maximum atomic E-state index is 12.5. The molecule has 0 bridgehead atoms. The Morgan fingerprint density at radius 2 is 1.69 bits per heavy atom.